The van der Waals surface area contributed by atoms with Crippen LogP contribution in [0.3, 0.4) is 0 Å². The van der Waals surface area contributed by atoms with Crippen LogP contribution in [0.25, 0.3) is 16.7 Å². The number of hydrogen-bond donors (Lipinski definition) is 0. The van der Waals surface area contributed by atoms with Crippen LogP contribution >= 0.6 is 23.4 Å². The lowest BCUT2D eigenvalue weighted by Crippen LogP contribution is -2.20. The molecule has 3 aliphatic rings. The van der Waals surface area contributed by atoms with Crippen molar-refractivity contribution >= 4 is 45.2 Å². The van der Waals surface area contributed by atoms with Crippen molar-refractivity contribution in [3.8, 4) is 0 Å². The molecule has 0 saturated heterocycles. The normalized spacial score (nSPS) is 21.4. The Morgan fingerprint density at radius 2 is 2.24 bits per heavy atom. The molecule has 0 N–H and O–H groups in total. The Morgan fingerprint density at radius 1 is 1.33 bits per heavy atom. The summed E-state index contributed by atoms with van der Waals surface area (Å²) in [6.07, 6.45) is 4.33. The monoisotopic (exact) mass is 316 g/mol. The van der Waals surface area contributed by atoms with E-state index < -0.39 is 0 Å². The first-order valence-corrected chi connectivity index (χ1v) is 8.42. The minimum atomic E-state index is 0.708. The van der Waals surface area contributed by atoms with Crippen LogP contribution in [-0.2, 0) is 0 Å². The molecule has 0 unspecified atom stereocenters. The molecule has 1 aromatic heterocycles. The standard InChI is InChI=1S/C16H13ClN2OS/c17-10-7-12(11-3-6-20-13(11)8-10)14-15(9-1-2-9)21-16-18-4-5-19(14)16/h3,6-9H,1-2,4-5H2. The number of nitrogens with zero attached hydrogens (tertiary/aromatic N) is 2. The zero-order chi connectivity index (χ0) is 14.0. The van der Waals surface area contributed by atoms with Crippen LogP contribution in [0.5, 0.6) is 0 Å². The summed E-state index contributed by atoms with van der Waals surface area (Å²) in [5, 5.41) is 3.02. The molecular weight excluding hydrogens is 304 g/mol. The number of hydrogen-bond acceptors (Lipinski definition) is 4. The molecule has 5 rings (SSSR count). The summed E-state index contributed by atoms with van der Waals surface area (Å²) in [5.41, 5.74) is 3.36. The van der Waals surface area contributed by atoms with Crippen molar-refractivity contribution in [1.29, 1.82) is 0 Å². The number of rotatable bonds is 2. The molecule has 21 heavy (non-hydrogen) atoms. The smallest absolute Gasteiger partial charge is 0.168 e. The third-order valence-corrected chi connectivity index (χ3v) is 5.74. The zero-order valence-electron chi connectivity index (χ0n) is 11.3. The number of furan rings is 1. The van der Waals surface area contributed by atoms with Gasteiger partial charge in [0.2, 0.25) is 0 Å². The minimum Gasteiger partial charge on any atom is -0.464 e. The summed E-state index contributed by atoms with van der Waals surface area (Å²) in [6, 6.07) is 5.99. The highest BCUT2D eigenvalue weighted by Gasteiger charge is 2.40. The summed E-state index contributed by atoms with van der Waals surface area (Å²) in [5.74, 6) is 0.708. The van der Waals surface area contributed by atoms with Crippen molar-refractivity contribution in [2.24, 2.45) is 10.9 Å². The Bertz CT molecular complexity index is 819. The van der Waals surface area contributed by atoms with Gasteiger partial charge in [-0.2, -0.15) is 0 Å². The van der Waals surface area contributed by atoms with Gasteiger partial charge in [0.05, 0.1) is 18.5 Å². The molecule has 1 aromatic carbocycles. The van der Waals surface area contributed by atoms with Crippen molar-refractivity contribution in [3.63, 3.8) is 0 Å². The quantitative estimate of drug-likeness (QED) is 0.811. The van der Waals surface area contributed by atoms with Crippen LogP contribution in [0, 0.1) is 5.92 Å². The van der Waals surface area contributed by atoms with E-state index in [0.29, 0.717) is 5.92 Å². The van der Waals surface area contributed by atoms with E-state index in [9.17, 15) is 0 Å². The van der Waals surface area contributed by atoms with Crippen LogP contribution in [0.15, 0.2) is 38.8 Å². The molecule has 3 nitrogen and oxygen atoms in total. The SMILES string of the molecule is Clc1cc(C2=C(C3CC3)SC3=NCCN32)c2ccoc2c1. The summed E-state index contributed by atoms with van der Waals surface area (Å²) in [7, 11) is 0. The predicted octanol–water partition coefficient (Wildman–Crippen LogP) is 4.58. The van der Waals surface area contributed by atoms with Gasteiger partial charge >= 0.3 is 0 Å². The summed E-state index contributed by atoms with van der Waals surface area (Å²) >= 11 is 8.16. The van der Waals surface area contributed by atoms with Crippen molar-refractivity contribution in [2.75, 3.05) is 13.1 Å². The third-order valence-electron chi connectivity index (χ3n) is 4.25. The lowest BCUT2D eigenvalue weighted by Gasteiger charge is -2.18. The van der Waals surface area contributed by atoms with Gasteiger partial charge in [-0.3, -0.25) is 4.99 Å². The van der Waals surface area contributed by atoms with E-state index in [4.69, 9.17) is 16.0 Å². The summed E-state index contributed by atoms with van der Waals surface area (Å²) < 4.78 is 5.56. The Morgan fingerprint density at radius 3 is 3.10 bits per heavy atom. The average molecular weight is 317 g/mol. The number of benzene rings is 1. The van der Waals surface area contributed by atoms with Gasteiger partial charge in [0.1, 0.15) is 5.58 Å². The molecule has 106 valence electrons. The molecule has 1 fully saturated rings. The Hall–Kier alpha value is -1.39. The molecule has 0 amide bonds. The highest BCUT2D eigenvalue weighted by Crippen LogP contribution is 2.53. The molecular formula is C16H13ClN2OS. The fraction of sp³-hybridized carbons (Fsp3) is 0.312. The second kappa shape index (κ2) is 4.31. The van der Waals surface area contributed by atoms with Gasteiger partial charge in [0.15, 0.2) is 5.17 Å². The van der Waals surface area contributed by atoms with Crippen LogP contribution in [0.2, 0.25) is 5.02 Å². The molecule has 1 aliphatic carbocycles. The second-order valence-electron chi connectivity index (χ2n) is 5.69. The predicted molar refractivity (Wildman–Crippen MR) is 87.5 cm³/mol. The van der Waals surface area contributed by atoms with E-state index in [1.54, 1.807) is 6.26 Å². The minimum absolute atomic E-state index is 0.708. The topological polar surface area (TPSA) is 28.7 Å². The second-order valence-corrected chi connectivity index (χ2v) is 7.14. The molecule has 1 saturated carbocycles. The third kappa shape index (κ3) is 1.79. The largest absolute Gasteiger partial charge is 0.464 e. The first-order chi connectivity index (χ1) is 10.3. The van der Waals surface area contributed by atoms with Gasteiger partial charge in [-0.05, 0) is 30.9 Å². The Kier molecular flexibility index (Phi) is 2.50. The molecule has 3 heterocycles. The van der Waals surface area contributed by atoms with Gasteiger partial charge in [0, 0.05) is 33.5 Å². The molecule has 0 spiro atoms. The fourth-order valence-electron chi connectivity index (χ4n) is 3.14. The molecule has 2 aliphatic heterocycles. The van der Waals surface area contributed by atoms with Gasteiger partial charge in [-0.15, -0.1) is 0 Å². The number of thioether (sulfide) groups is 1. The van der Waals surface area contributed by atoms with Crippen LogP contribution in [-0.4, -0.2) is 23.2 Å². The van der Waals surface area contributed by atoms with E-state index in [-0.39, 0.29) is 0 Å². The highest BCUT2D eigenvalue weighted by molar-refractivity contribution is 8.17. The summed E-state index contributed by atoms with van der Waals surface area (Å²) in [6.45, 7) is 1.86. The van der Waals surface area contributed by atoms with E-state index in [2.05, 4.69) is 16.0 Å². The van der Waals surface area contributed by atoms with Gasteiger partial charge < -0.3 is 9.32 Å². The lowest BCUT2D eigenvalue weighted by molar-refractivity contribution is 0.615. The molecule has 2 aromatic rings. The van der Waals surface area contributed by atoms with Crippen LogP contribution in [0.4, 0.5) is 0 Å². The first-order valence-electron chi connectivity index (χ1n) is 7.22. The maximum atomic E-state index is 6.31. The number of amidine groups is 1. The molecule has 5 heteroatoms. The van der Waals surface area contributed by atoms with Gasteiger partial charge in [-0.1, -0.05) is 23.4 Å². The summed E-state index contributed by atoms with van der Waals surface area (Å²) in [4.78, 5) is 8.46. The van der Waals surface area contributed by atoms with Gasteiger partial charge in [0.25, 0.3) is 0 Å². The maximum Gasteiger partial charge on any atom is 0.168 e. The Balaban J connectivity index is 1.78. The Labute approximate surface area is 131 Å². The van der Waals surface area contributed by atoms with Crippen LogP contribution in [0.1, 0.15) is 18.4 Å². The average Bonchev–Trinajstić information content (AvgIpc) is 2.89. The molecule has 0 radical (unpaired) electrons. The lowest BCUT2D eigenvalue weighted by atomic mass is 10.0. The number of allylic oxidation sites excluding steroid dienone is 1. The first kappa shape index (κ1) is 12.2. The van der Waals surface area contributed by atoms with Crippen molar-refractivity contribution in [2.45, 2.75) is 12.8 Å². The van der Waals surface area contributed by atoms with Crippen molar-refractivity contribution < 1.29 is 4.42 Å². The molecule has 0 atom stereocenters. The van der Waals surface area contributed by atoms with Crippen molar-refractivity contribution in [3.05, 3.63) is 40.0 Å². The zero-order valence-corrected chi connectivity index (χ0v) is 12.9. The van der Waals surface area contributed by atoms with Gasteiger partial charge in [-0.25, -0.2) is 0 Å². The van der Waals surface area contributed by atoms with Crippen LogP contribution < -0.4 is 0 Å². The van der Waals surface area contributed by atoms with E-state index in [1.165, 1.54) is 29.0 Å². The van der Waals surface area contributed by atoms with E-state index in [1.807, 2.05) is 23.9 Å². The fourth-order valence-corrected chi connectivity index (χ4v) is 4.71. The van der Waals surface area contributed by atoms with E-state index >= 15 is 0 Å². The number of halogens is 1. The molecule has 0 bridgehead atoms. The highest BCUT2D eigenvalue weighted by atomic mass is 35.5. The maximum absolute atomic E-state index is 6.31. The number of fused-ring (bicyclic) bond motifs is 2. The number of aliphatic imine (C=N–C) groups is 1. The van der Waals surface area contributed by atoms with Crippen molar-refractivity contribution in [1.82, 2.24) is 4.90 Å². The van der Waals surface area contributed by atoms with E-state index in [0.717, 1.165) is 34.2 Å².